The summed E-state index contributed by atoms with van der Waals surface area (Å²) in [6, 6.07) is 4.01. The second-order valence-electron chi connectivity index (χ2n) is 5.46. The average molecular weight is 245 g/mol. The van der Waals surface area contributed by atoms with Crippen molar-refractivity contribution in [1.29, 1.82) is 0 Å². The molecule has 98 valence electrons. The van der Waals surface area contributed by atoms with Gasteiger partial charge < -0.3 is 0 Å². The van der Waals surface area contributed by atoms with Crippen LogP contribution in [0.25, 0.3) is 0 Å². The molecule has 2 rings (SSSR count). The Morgan fingerprint density at radius 1 is 1.33 bits per heavy atom. The lowest BCUT2D eigenvalue weighted by atomic mass is 9.77. The summed E-state index contributed by atoms with van der Waals surface area (Å²) in [6.07, 6.45) is 11.2. The van der Waals surface area contributed by atoms with Gasteiger partial charge in [0.15, 0.2) is 0 Å². The van der Waals surface area contributed by atoms with Crippen LogP contribution in [0.4, 0.5) is 0 Å². The third kappa shape index (κ3) is 3.66. The highest BCUT2D eigenvalue weighted by molar-refractivity contribution is 5.81. The third-order valence-corrected chi connectivity index (χ3v) is 4.22. The Bertz CT molecular complexity index is 374. The van der Waals surface area contributed by atoms with Crippen LogP contribution < -0.4 is 0 Å². The number of aryl methyl sites for hydroxylation is 1. The van der Waals surface area contributed by atoms with Gasteiger partial charge in [-0.25, -0.2) is 0 Å². The molecule has 0 amide bonds. The Kier molecular flexibility index (Phi) is 4.91. The number of ketones is 1. The quantitative estimate of drug-likeness (QED) is 0.789. The van der Waals surface area contributed by atoms with E-state index in [0.717, 1.165) is 25.2 Å². The van der Waals surface area contributed by atoms with Crippen LogP contribution in [0.15, 0.2) is 24.5 Å². The Morgan fingerprint density at radius 3 is 2.83 bits per heavy atom. The van der Waals surface area contributed by atoms with Gasteiger partial charge in [0.2, 0.25) is 0 Å². The van der Waals surface area contributed by atoms with Crippen LogP contribution in [0.1, 0.15) is 51.0 Å². The fourth-order valence-corrected chi connectivity index (χ4v) is 2.98. The van der Waals surface area contributed by atoms with Crippen molar-refractivity contribution in [1.82, 2.24) is 4.98 Å². The molecule has 2 heteroatoms. The largest absolute Gasteiger partial charge is 0.299 e. The zero-order valence-corrected chi connectivity index (χ0v) is 11.3. The summed E-state index contributed by atoms with van der Waals surface area (Å²) in [7, 11) is 0. The van der Waals surface area contributed by atoms with Crippen LogP contribution in [-0.2, 0) is 11.2 Å². The van der Waals surface area contributed by atoms with Crippen LogP contribution in [0, 0.1) is 11.8 Å². The summed E-state index contributed by atoms with van der Waals surface area (Å²) in [5.41, 5.74) is 1.22. The van der Waals surface area contributed by atoms with Crippen molar-refractivity contribution in [2.24, 2.45) is 11.8 Å². The predicted molar refractivity (Wildman–Crippen MR) is 73.3 cm³/mol. The number of pyridine rings is 1. The highest BCUT2D eigenvalue weighted by atomic mass is 16.1. The lowest BCUT2D eigenvalue weighted by molar-refractivity contribution is -0.124. The number of hydrogen-bond acceptors (Lipinski definition) is 2. The number of Topliss-reactive ketones (excluding diaryl/α,β-unsaturated/α-hetero) is 1. The van der Waals surface area contributed by atoms with Gasteiger partial charge in [0.25, 0.3) is 0 Å². The highest BCUT2D eigenvalue weighted by Gasteiger charge is 2.25. The molecule has 1 aliphatic carbocycles. The summed E-state index contributed by atoms with van der Waals surface area (Å²) >= 11 is 0. The molecule has 1 aliphatic rings. The maximum absolute atomic E-state index is 12.2. The average Bonchev–Trinajstić information content (AvgIpc) is 2.46. The standard InChI is InChI=1S/C16H23NO/c1-2-13-4-3-5-15(12-13)16(18)7-6-14-8-10-17-11-9-14/h8-11,13,15H,2-7,12H2,1H3. The summed E-state index contributed by atoms with van der Waals surface area (Å²) < 4.78 is 0. The fourth-order valence-electron chi connectivity index (χ4n) is 2.98. The van der Waals surface area contributed by atoms with E-state index in [1.807, 2.05) is 12.1 Å². The smallest absolute Gasteiger partial charge is 0.136 e. The number of rotatable bonds is 5. The van der Waals surface area contributed by atoms with Gasteiger partial charge in [0, 0.05) is 24.7 Å². The highest BCUT2D eigenvalue weighted by Crippen LogP contribution is 2.32. The van der Waals surface area contributed by atoms with Crippen LogP contribution in [0.2, 0.25) is 0 Å². The van der Waals surface area contributed by atoms with E-state index in [0.29, 0.717) is 18.1 Å². The molecule has 0 spiro atoms. The minimum absolute atomic E-state index is 0.338. The molecule has 0 saturated heterocycles. The van der Waals surface area contributed by atoms with Gasteiger partial charge in [-0.2, -0.15) is 0 Å². The normalized spacial score (nSPS) is 23.8. The molecular formula is C16H23NO. The summed E-state index contributed by atoms with van der Waals surface area (Å²) in [4.78, 5) is 16.2. The second-order valence-corrected chi connectivity index (χ2v) is 5.46. The van der Waals surface area contributed by atoms with E-state index in [2.05, 4.69) is 11.9 Å². The van der Waals surface area contributed by atoms with Crippen molar-refractivity contribution in [3.63, 3.8) is 0 Å². The number of nitrogens with zero attached hydrogens (tertiary/aromatic N) is 1. The Morgan fingerprint density at radius 2 is 2.11 bits per heavy atom. The minimum atomic E-state index is 0.338. The summed E-state index contributed by atoms with van der Waals surface area (Å²) in [5.74, 6) is 1.60. The van der Waals surface area contributed by atoms with Crippen molar-refractivity contribution < 1.29 is 4.79 Å². The first kappa shape index (κ1) is 13.3. The predicted octanol–water partition coefficient (Wildman–Crippen LogP) is 3.80. The van der Waals surface area contributed by atoms with Gasteiger partial charge in [-0.15, -0.1) is 0 Å². The maximum atomic E-state index is 12.2. The van der Waals surface area contributed by atoms with E-state index in [4.69, 9.17) is 0 Å². The molecule has 0 N–H and O–H groups in total. The third-order valence-electron chi connectivity index (χ3n) is 4.22. The van der Waals surface area contributed by atoms with Gasteiger partial charge in [-0.1, -0.05) is 26.2 Å². The molecule has 1 aromatic heterocycles. The van der Waals surface area contributed by atoms with Crippen LogP contribution in [0.3, 0.4) is 0 Å². The molecule has 2 atom stereocenters. The van der Waals surface area contributed by atoms with Gasteiger partial charge in [-0.3, -0.25) is 9.78 Å². The molecule has 1 aromatic rings. The molecule has 1 heterocycles. The lowest BCUT2D eigenvalue weighted by Crippen LogP contribution is -2.23. The number of carbonyl (C=O) groups excluding carboxylic acids is 1. The van der Waals surface area contributed by atoms with E-state index >= 15 is 0 Å². The van der Waals surface area contributed by atoms with Crippen molar-refractivity contribution in [3.05, 3.63) is 30.1 Å². The fraction of sp³-hybridized carbons (Fsp3) is 0.625. The molecule has 18 heavy (non-hydrogen) atoms. The Labute approximate surface area is 110 Å². The zero-order chi connectivity index (χ0) is 12.8. The Hall–Kier alpha value is -1.18. The monoisotopic (exact) mass is 245 g/mol. The summed E-state index contributed by atoms with van der Waals surface area (Å²) in [6.45, 7) is 2.24. The first-order chi connectivity index (χ1) is 8.79. The molecule has 1 saturated carbocycles. The molecular weight excluding hydrogens is 222 g/mol. The first-order valence-electron chi connectivity index (χ1n) is 7.21. The second kappa shape index (κ2) is 6.67. The van der Waals surface area contributed by atoms with E-state index in [9.17, 15) is 4.79 Å². The van der Waals surface area contributed by atoms with Gasteiger partial charge in [0.1, 0.15) is 5.78 Å². The SMILES string of the molecule is CCC1CCCC(C(=O)CCc2ccncc2)C1. The van der Waals surface area contributed by atoms with Crippen molar-refractivity contribution in [2.45, 2.75) is 51.9 Å². The maximum Gasteiger partial charge on any atom is 0.136 e. The van der Waals surface area contributed by atoms with Crippen molar-refractivity contribution in [2.75, 3.05) is 0 Å². The molecule has 1 fully saturated rings. The van der Waals surface area contributed by atoms with Gasteiger partial charge >= 0.3 is 0 Å². The Balaban J connectivity index is 1.81. The van der Waals surface area contributed by atoms with E-state index < -0.39 is 0 Å². The molecule has 0 aromatic carbocycles. The minimum Gasteiger partial charge on any atom is -0.299 e. The van der Waals surface area contributed by atoms with Crippen LogP contribution in [0.5, 0.6) is 0 Å². The summed E-state index contributed by atoms with van der Waals surface area (Å²) in [5, 5.41) is 0. The van der Waals surface area contributed by atoms with Crippen LogP contribution >= 0.6 is 0 Å². The molecule has 2 nitrogen and oxygen atoms in total. The van der Waals surface area contributed by atoms with Crippen molar-refractivity contribution in [3.8, 4) is 0 Å². The molecule has 0 radical (unpaired) electrons. The molecule has 0 aliphatic heterocycles. The number of hydrogen-bond donors (Lipinski definition) is 0. The van der Waals surface area contributed by atoms with Crippen LogP contribution in [-0.4, -0.2) is 10.8 Å². The molecule has 0 bridgehead atoms. The van der Waals surface area contributed by atoms with E-state index in [1.54, 1.807) is 12.4 Å². The lowest BCUT2D eigenvalue weighted by Gasteiger charge is -2.27. The first-order valence-corrected chi connectivity index (χ1v) is 7.21. The topological polar surface area (TPSA) is 30.0 Å². The van der Waals surface area contributed by atoms with Crippen molar-refractivity contribution >= 4 is 5.78 Å². The number of aromatic nitrogens is 1. The van der Waals surface area contributed by atoms with Gasteiger partial charge in [0.05, 0.1) is 0 Å². The zero-order valence-electron chi connectivity index (χ0n) is 11.3. The molecule has 2 unspecified atom stereocenters. The van der Waals surface area contributed by atoms with E-state index in [1.165, 1.54) is 24.8 Å². The van der Waals surface area contributed by atoms with Gasteiger partial charge in [-0.05, 0) is 42.9 Å². The van der Waals surface area contributed by atoms with E-state index in [-0.39, 0.29) is 0 Å². The number of carbonyl (C=O) groups is 1.